The van der Waals surface area contributed by atoms with Crippen LogP contribution in [0.3, 0.4) is 0 Å². The maximum Gasteiger partial charge on any atom is 0.318 e. The van der Waals surface area contributed by atoms with Crippen LogP contribution >= 0.6 is 0 Å². The van der Waals surface area contributed by atoms with Crippen LogP contribution in [0.15, 0.2) is 41.5 Å². The van der Waals surface area contributed by atoms with Gasteiger partial charge in [0.2, 0.25) is 5.75 Å². The number of nitrogens with one attached hydrogen (secondary N) is 1. The van der Waals surface area contributed by atoms with Crippen molar-refractivity contribution in [2.45, 2.75) is 0 Å². The lowest BCUT2D eigenvalue weighted by Gasteiger charge is -2.04. The summed E-state index contributed by atoms with van der Waals surface area (Å²) < 4.78 is 17.8. The molecule has 1 amide bonds. The van der Waals surface area contributed by atoms with Gasteiger partial charge in [-0.15, -0.1) is 0 Å². The number of hydrogen-bond donors (Lipinski definition) is 2. The van der Waals surface area contributed by atoms with E-state index >= 15 is 0 Å². The molecule has 0 heterocycles. The van der Waals surface area contributed by atoms with Crippen LogP contribution in [0.4, 0.5) is 15.8 Å². The first-order valence-electron chi connectivity index (χ1n) is 7.14. The third-order valence-electron chi connectivity index (χ3n) is 3.09. The van der Waals surface area contributed by atoms with Gasteiger partial charge in [-0.3, -0.25) is 25.0 Å². The zero-order valence-electron chi connectivity index (χ0n) is 13.4. The number of rotatable bonds is 7. The number of amides is 1. The van der Waals surface area contributed by atoms with Gasteiger partial charge in [0.05, 0.1) is 27.7 Å². The van der Waals surface area contributed by atoms with E-state index in [0.29, 0.717) is 6.07 Å². The standard InChI is InChI=1S/C15H11FN4O7/c16-10-1-3-12(4-2-10)27-8-14(21)18-17-7-9-5-11(19(23)24)6-13(15(9)22)20(25)26/h1-7,22H,8H2,(H,18,21)/b17-7+. The molecule has 0 fully saturated rings. The van der Waals surface area contributed by atoms with Gasteiger partial charge in [-0.05, 0) is 24.3 Å². The summed E-state index contributed by atoms with van der Waals surface area (Å²) in [7, 11) is 0. The Balaban J connectivity index is 2.04. The summed E-state index contributed by atoms with van der Waals surface area (Å²) in [4.78, 5) is 31.4. The lowest BCUT2D eigenvalue weighted by atomic mass is 10.1. The number of nitrogens with zero attached hydrogens (tertiary/aromatic N) is 3. The van der Waals surface area contributed by atoms with Gasteiger partial charge in [0.15, 0.2) is 6.61 Å². The van der Waals surface area contributed by atoms with Crippen molar-refractivity contribution in [3.63, 3.8) is 0 Å². The molecule has 2 aromatic rings. The molecule has 0 bridgehead atoms. The van der Waals surface area contributed by atoms with E-state index in [0.717, 1.165) is 24.4 Å². The number of phenolic OH excluding ortho intramolecular Hbond substituents is 1. The second-order valence-corrected chi connectivity index (χ2v) is 4.95. The molecule has 27 heavy (non-hydrogen) atoms. The van der Waals surface area contributed by atoms with E-state index in [9.17, 15) is 34.5 Å². The predicted molar refractivity (Wildman–Crippen MR) is 89.0 cm³/mol. The highest BCUT2D eigenvalue weighted by Gasteiger charge is 2.23. The minimum absolute atomic E-state index is 0.238. The molecule has 2 aromatic carbocycles. The minimum atomic E-state index is -0.991. The fourth-order valence-electron chi connectivity index (χ4n) is 1.85. The topological polar surface area (TPSA) is 157 Å². The molecule has 2 N–H and O–H groups in total. The molecule has 0 saturated heterocycles. The van der Waals surface area contributed by atoms with Crippen LogP contribution in [0, 0.1) is 26.0 Å². The Morgan fingerprint density at radius 3 is 2.48 bits per heavy atom. The van der Waals surface area contributed by atoms with Crippen LogP contribution in [0.2, 0.25) is 0 Å². The third-order valence-corrected chi connectivity index (χ3v) is 3.09. The smallest absolute Gasteiger partial charge is 0.318 e. The van der Waals surface area contributed by atoms with E-state index in [-0.39, 0.29) is 11.3 Å². The predicted octanol–water partition coefficient (Wildman–Crippen LogP) is 1.88. The van der Waals surface area contributed by atoms with Crippen molar-refractivity contribution in [2.24, 2.45) is 5.10 Å². The van der Waals surface area contributed by atoms with Crippen LogP contribution in [0.5, 0.6) is 11.5 Å². The average Bonchev–Trinajstić information content (AvgIpc) is 2.62. The molecule has 0 aliphatic carbocycles. The number of carbonyl (C=O) groups is 1. The Hall–Kier alpha value is -4.09. The fraction of sp³-hybridized carbons (Fsp3) is 0.0667. The molecule has 0 saturated carbocycles. The average molecular weight is 378 g/mol. The van der Waals surface area contributed by atoms with Crippen molar-refractivity contribution in [3.05, 3.63) is 68.0 Å². The first kappa shape index (κ1) is 19.2. The number of halogens is 1. The molecular weight excluding hydrogens is 367 g/mol. The summed E-state index contributed by atoms with van der Waals surface area (Å²) in [5.41, 5.74) is 0.170. The van der Waals surface area contributed by atoms with E-state index in [1.54, 1.807) is 0 Å². The third kappa shape index (κ3) is 5.19. The molecule has 0 atom stereocenters. The second-order valence-electron chi connectivity index (χ2n) is 4.95. The Labute approximate surface area is 150 Å². The monoisotopic (exact) mass is 378 g/mol. The van der Waals surface area contributed by atoms with E-state index in [1.807, 2.05) is 5.43 Å². The van der Waals surface area contributed by atoms with E-state index < -0.39 is 45.3 Å². The first-order chi connectivity index (χ1) is 12.8. The number of nitro groups is 2. The lowest BCUT2D eigenvalue weighted by Crippen LogP contribution is -2.24. The highest BCUT2D eigenvalue weighted by atomic mass is 19.1. The lowest BCUT2D eigenvalue weighted by molar-refractivity contribution is -0.394. The summed E-state index contributed by atoms with van der Waals surface area (Å²) in [6.07, 6.45) is 0.811. The zero-order valence-corrected chi connectivity index (χ0v) is 13.4. The van der Waals surface area contributed by atoms with Crippen LogP contribution in [-0.4, -0.2) is 33.7 Å². The SMILES string of the molecule is O=C(COc1ccc(F)cc1)N/N=C/c1cc([N+](=O)[O-])cc([N+](=O)[O-])c1O. The summed E-state index contributed by atoms with van der Waals surface area (Å²) in [6.45, 7) is -0.468. The number of hydrazone groups is 1. The highest BCUT2D eigenvalue weighted by Crippen LogP contribution is 2.33. The Bertz CT molecular complexity index is 915. The Kier molecular flexibility index (Phi) is 5.94. The van der Waals surface area contributed by atoms with E-state index in [1.165, 1.54) is 12.1 Å². The molecule has 12 heteroatoms. The molecule has 11 nitrogen and oxygen atoms in total. The van der Waals surface area contributed by atoms with Gasteiger partial charge in [-0.1, -0.05) is 0 Å². The van der Waals surface area contributed by atoms with Crippen molar-refractivity contribution >= 4 is 23.5 Å². The highest BCUT2D eigenvalue weighted by molar-refractivity contribution is 5.88. The number of hydrogen-bond acceptors (Lipinski definition) is 8. The van der Waals surface area contributed by atoms with E-state index in [2.05, 4.69) is 5.10 Å². The second kappa shape index (κ2) is 8.33. The van der Waals surface area contributed by atoms with Crippen molar-refractivity contribution < 1.29 is 28.9 Å². The van der Waals surface area contributed by atoms with Gasteiger partial charge in [0.25, 0.3) is 11.6 Å². The van der Waals surface area contributed by atoms with Gasteiger partial charge in [0, 0.05) is 6.07 Å². The minimum Gasteiger partial charge on any atom is -0.502 e. The molecule has 0 aliphatic rings. The number of nitro benzene ring substituents is 2. The number of aromatic hydroxyl groups is 1. The summed E-state index contributed by atoms with van der Waals surface area (Å²) in [6, 6.07) is 6.36. The molecule has 0 aliphatic heterocycles. The molecule has 0 spiro atoms. The van der Waals surface area contributed by atoms with Gasteiger partial charge in [-0.25, -0.2) is 9.82 Å². The fourth-order valence-corrected chi connectivity index (χ4v) is 1.85. The maximum atomic E-state index is 12.7. The molecule has 0 radical (unpaired) electrons. The van der Waals surface area contributed by atoms with Crippen LogP contribution in [0.1, 0.15) is 5.56 Å². The molecule has 0 unspecified atom stereocenters. The van der Waals surface area contributed by atoms with Crippen LogP contribution in [-0.2, 0) is 4.79 Å². The van der Waals surface area contributed by atoms with Crippen molar-refractivity contribution in [2.75, 3.05) is 6.61 Å². The zero-order chi connectivity index (χ0) is 20.0. The molecule has 2 rings (SSSR count). The van der Waals surface area contributed by atoms with Crippen molar-refractivity contribution in [1.29, 1.82) is 0 Å². The van der Waals surface area contributed by atoms with Crippen molar-refractivity contribution in [1.82, 2.24) is 5.43 Å². The summed E-state index contributed by atoms with van der Waals surface area (Å²) in [5.74, 6) is -1.80. The van der Waals surface area contributed by atoms with Gasteiger partial charge in [-0.2, -0.15) is 5.10 Å². The van der Waals surface area contributed by atoms with Gasteiger partial charge in [0.1, 0.15) is 11.6 Å². The number of benzene rings is 2. The quantitative estimate of drug-likeness (QED) is 0.423. The Morgan fingerprint density at radius 1 is 1.22 bits per heavy atom. The number of non-ortho nitro benzene ring substituents is 1. The normalized spacial score (nSPS) is 10.6. The summed E-state index contributed by atoms with van der Waals surface area (Å²) in [5, 5.41) is 34.9. The molecular formula is C15H11FN4O7. The van der Waals surface area contributed by atoms with Gasteiger partial charge < -0.3 is 9.84 Å². The Morgan fingerprint density at radius 2 is 1.89 bits per heavy atom. The largest absolute Gasteiger partial charge is 0.502 e. The maximum absolute atomic E-state index is 12.7. The molecule has 0 aromatic heterocycles. The number of phenols is 1. The number of ether oxygens (including phenoxy) is 1. The number of carbonyl (C=O) groups excluding carboxylic acids is 1. The first-order valence-corrected chi connectivity index (χ1v) is 7.14. The summed E-state index contributed by atoms with van der Waals surface area (Å²) >= 11 is 0. The van der Waals surface area contributed by atoms with E-state index in [4.69, 9.17) is 4.74 Å². The van der Waals surface area contributed by atoms with Crippen LogP contribution in [0.25, 0.3) is 0 Å². The van der Waals surface area contributed by atoms with Crippen LogP contribution < -0.4 is 10.2 Å². The molecule has 140 valence electrons. The van der Waals surface area contributed by atoms with Crippen molar-refractivity contribution in [3.8, 4) is 11.5 Å². The van der Waals surface area contributed by atoms with Gasteiger partial charge >= 0.3 is 5.69 Å².